The molecule has 2 heterocycles. The number of anilines is 1. The number of benzene rings is 1. The highest BCUT2D eigenvalue weighted by Crippen LogP contribution is 2.28. The number of carbonyl (C=O) groups is 2. The van der Waals surface area contributed by atoms with Crippen molar-refractivity contribution in [3.8, 4) is 12.0 Å². The molecule has 7 nitrogen and oxygen atoms in total. The van der Waals surface area contributed by atoms with Gasteiger partial charge >= 0.3 is 5.97 Å². The molecule has 31 heavy (non-hydrogen) atoms. The molecule has 2 atom stereocenters. The quantitative estimate of drug-likeness (QED) is 0.547. The van der Waals surface area contributed by atoms with Gasteiger partial charge in [-0.15, -0.1) is 0 Å². The van der Waals surface area contributed by atoms with Gasteiger partial charge in [0.05, 0.1) is 0 Å². The summed E-state index contributed by atoms with van der Waals surface area (Å²) in [6.07, 6.45) is 3.28. The maximum absolute atomic E-state index is 12.8. The van der Waals surface area contributed by atoms with E-state index in [4.69, 9.17) is 9.15 Å². The first-order chi connectivity index (χ1) is 14.9. The van der Waals surface area contributed by atoms with Gasteiger partial charge in [0.2, 0.25) is 5.88 Å². The van der Waals surface area contributed by atoms with Crippen molar-refractivity contribution in [3.05, 3.63) is 71.2 Å². The number of nitriles is 1. The van der Waals surface area contributed by atoms with Gasteiger partial charge in [0.1, 0.15) is 23.0 Å². The summed E-state index contributed by atoms with van der Waals surface area (Å²) in [5, 5.41) is 12.4. The van der Waals surface area contributed by atoms with E-state index >= 15 is 0 Å². The zero-order chi connectivity index (χ0) is 22.5. The van der Waals surface area contributed by atoms with Crippen LogP contribution in [0, 0.1) is 18.3 Å². The fourth-order valence-corrected chi connectivity index (χ4v) is 3.30. The molecule has 3 rings (SSSR count). The van der Waals surface area contributed by atoms with Crippen molar-refractivity contribution >= 4 is 17.6 Å². The average molecular weight is 419 g/mol. The van der Waals surface area contributed by atoms with Gasteiger partial charge in [0.25, 0.3) is 5.91 Å². The summed E-state index contributed by atoms with van der Waals surface area (Å²) in [6, 6.07) is 13.1. The van der Waals surface area contributed by atoms with Gasteiger partial charge in [-0.2, -0.15) is 5.26 Å². The van der Waals surface area contributed by atoms with Crippen LogP contribution >= 0.6 is 0 Å². The van der Waals surface area contributed by atoms with Crippen LogP contribution in [0.3, 0.4) is 0 Å². The molecule has 1 aromatic carbocycles. The van der Waals surface area contributed by atoms with Crippen LogP contribution < -0.4 is 5.32 Å². The minimum absolute atomic E-state index is 0.0193. The van der Waals surface area contributed by atoms with E-state index in [0.717, 1.165) is 12.0 Å². The summed E-state index contributed by atoms with van der Waals surface area (Å²) in [5.41, 5.74) is 1.79. The smallest absolute Gasteiger partial charge is 0.343 e. The first-order valence-corrected chi connectivity index (χ1v) is 10.1. The highest BCUT2D eigenvalue weighted by molar-refractivity contribution is 5.99. The van der Waals surface area contributed by atoms with Crippen LogP contribution in [0.5, 0.6) is 0 Å². The van der Waals surface area contributed by atoms with Gasteiger partial charge in [-0.1, -0.05) is 32.0 Å². The predicted octanol–water partition coefficient (Wildman–Crippen LogP) is 4.95. The fourth-order valence-electron chi connectivity index (χ4n) is 3.30. The van der Waals surface area contributed by atoms with Gasteiger partial charge in [-0.05, 0) is 49.9 Å². The van der Waals surface area contributed by atoms with Crippen LogP contribution in [0.1, 0.15) is 60.4 Å². The SMILES string of the molecule is CC[C@@H](C)c1ccccc1NC(=O)[C@H](C)OC(=O)c1c(C)oc(-n2cccc2)c1C#N. The van der Waals surface area contributed by atoms with Gasteiger partial charge in [-0.25, -0.2) is 4.79 Å². The molecule has 7 heteroatoms. The first kappa shape index (κ1) is 21.9. The van der Waals surface area contributed by atoms with E-state index in [9.17, 15) is 14.9 Å². The summed E-state index contributed by atoms with van der Waals surface area (Å²) >= 11 is 0. The van der Waals surface area contributed by atoms with Crippen LogP contribution in [0.25, 0.3) is 5.88 Å². The van der Waals surface area contributed by atoms with E-state index in [1.165, 1.54) is 6.92 Å². The number of furan rings is 1. The lowest BCUT2D eigenvalue weighted by Crippen LogP contribution is -2.30. The summed E-state index contributed by atoms with van der Waals surface area (Å²) in [5.74, 6) is -0.479. The normalized spacial score (nSPS) is 12.6. The molecule has 0 aliphatic rings. The number of amides is 1. The molecule has 0 aliphatic heterocycles. The summed E-state index contributed by atoms with van der Waals surface area (Å²) < 4.78 is 12.6. The number of ether oxygens (including phenoxy) is 1. The number of hydrogen-bond acceptors (Lipinski definition) is 5. The lowest BCUT2D eigenvalue weighted by atomic mass is 9.97. The lowest BCUT2D eigenvalue weighted by Gasteiger charge is -2.18. The number of para-hydroxylation sites is 1. The Labute approximate surface area is 181 Å². The van der Waals surface area contributed by atoms with Crippen molar-refractivity contribution in [1.29, 1.82) is 5.26 Å². The zero-order valence-corrected chi connectivity index (χ0v) is 18.0. The van der Waals surface area contributed by atoms with Crippen LogP contribution in [-0.2, 0) is 9.53 Å². The molecule has 160 valence electrons. The Morgan fingerprint density at radius 2 is 1.87 bits per heavy atom. The van der Waals surface area contributed by atoms with Gasteiger partial charge < -0.3 is 14.5 Å². The predicted molar refractivity (Wildman–Crippen MR) is 116 cm³/mol. The van der Waals surface area contributed by atoms with Crippen molar-refractivity contribution in [3.63, 3.8) is 0 Å². The van der Waals surface area contributed by atoms with E-state index in [1.807, 2.05) is 30.3 Å². The first-order valence-electron chi connectivity index (χ1n) is 10.1. The second-order valence-electron chi connectivity index (χ2n) is 7.35. The molecule has 0 unspecified atom stereocenters. The molecule has 0 bridgehead atoms. The molecule has 0 aliphatic carbocycles. The number of hydrogen-bond donors (Lipinski definition) is 1. The Balaban J connectivity index is 1.78. The van der Waals surface area contributed by atoms with Gasteiger partial charge in [0, 0.05) is 18.1 Å². The Morgan fingerprint density at radius 3 is 2.52 bits per heavy atom. The topological polar surface area (TPSA) is 97.3 Å². The van der Waals surface area contributed by atoms with E-state index in [2.05, 4.69) is 19.2 Å². The van der Waals surface area contributed by atoms with Crippen molar-refractivity contribution < 1.29 is 18.7 Å². The van der Waals surface area contributed by atoms with E-state index in [1.54, 1.807) is 36.0 Å². The number of carbonyl (C=O) groups excluding carboxylic acids is 2. The van der Waals surface area contributed by atoms with Crippen molar-refractivity contribution in [2.75, 3.05) is 5.32 Å². The Bertz CT molecular complexity index is 1120. The third kappa shape index (κ3) is 4.53. The third-order valence-electron chi connectivity index (χ3n) is 5.24. The number of esters is 1. The number of nitrogens with one attached hydrogen (secondary N) is 1. The molecule has 3 aromatic rings. The minimum Gasteiger partial charge on any atom is -0.449 e. The van der Waals surface area contributed by atoms with E-state index in [-0.39, 0.29) is 28.7 Å². The lowest BCUT2D eigenvalue weighted by molar-refractivity contribution is -0.123. The summed E-state index contributed by atoms with van der Waals surface area (Å²) in [7, 11) is 0. The molecule has 0 saturated carbocycles. The van der Waals surface area contributed by atoms with Crippen LogP contribution in [0.2, 0.25) is 0 Å². The van der Waals surface area contributed by atoms with Gasteiger partial charge in [-0.3, -0.25) is 9.36 Å². The largest absolute Gasteiger partial charge is 0.449 e. The minimum atomic E-state index is -1.06. The molecule has 1 N–H and O–H groups in total. The molecule has 0 spiro atoms. The van der Waals surface area contributed by atoms with Crippen molar-refractivity contribution in [2.45, 2.75) is 46.1 Å². The maximum Gasteiger partial charge on any atom is 0.343 e. The highest BCUT2D eigenvalue weighted by atomic mass is 16.5. The van der Waals surface area contributed by atoms with E-state index < -0.39 is 18.0 Å². The number of rotatable bonds is 7. The summed E-state index contributed by atoms with van der Waals surface area (Å²) in [6.45, 7) is 7.24. The zero-order valence-electron chi connectivity index (χ0n) is 18.0. The third-order valence-corrected chi connectivity index (χ3v) is 5.24. The number of aryl methyl sites for hydroxylation is 1. The molecular weight excluding hydrogens is 394 g/mol. The van der Waals surface area contributed by atoms with Crippen LogP contribution in [0.15, 0.2) is 53.2 Å². The Morgan fingerprint density at radius 1 is 1.19 bits per heavy atom. The van der Waals surface area contributed by atoms with Crippen molar-refractivity contribution in [1.82, 2.24) is 4.57 Å². The molecular formula is C24H25N3O4. The van der Waals surface area contributed by atoms with Crippen LogP contribution in [0.4, 0.5) is 5.69 Å². The standard InChI is InChI=1S/C24H25N3O4/c1-5-15(2)18-10-6-7-11-20(18)26-22(28)17(4)31-24(29)21-16(3)30-23(19(21)14-25)27-12-8-9-13-27/h6-13,15,17H,5H2,1-4H3,(H,26,28)/t15-,17+/m1/s1. The second-order valence-corrected chi connectivity index (χ2v) is 7.35. The fraction of sp³-hybridized carbons (Fsp3) is 0.292. The summed E-state index contributed by atoms with van der Waals surface area (Å²) in [4.78, 5) is 25.5. The molecule has 0 radical (unpaired) electrons. The monoisotopic (exact) mass is 419 g/mol. The highest BCUT2D eigenvalue weighted by Gasteiger charge is 2.28. The van der Waals surface area contributed by atoms with Gasteiger partial charge in [0.15, 0.2) is 6.10 Å². The molecule has 1 amide bonds. The maximum atomic E-state index is 12.8. The van der Waals surface area contributed by atoms with Crippen LogP contribution in [-0.4, -0.2) is 22.5 Å². The second kappa shape index (κ2) is 9.35. The van der Waals surface area contributed by atoms with Crippen molar-refractivity contribution in [2.24, 2.45) is 0 Å². The molecule has 0 saturated heterocycles. The number of nitrogens with zero attached hydrogens (tertiary/aromatic N) is 2. The Hall–Kier alpha value is -3.79. The van der Waals surface area contributed by atoms with E-state index in [0.29, 0.717) is 5.69 Å². The number of aromatic nitrogens is 1. The molecule has 0 fully saturated rings. The Kier molecular flexibility index (Phi) is 6.61. The average Bonchev–Trinajstić information content (AvgIpc) is 3.40. The molecule has 2 aromatic heterocycles.